The molecule has 0 amide bonds. The van der Waals surface area contributed by atoms with Gasteiger partial charge in [-0.25, -0.2) is 0 Å². The summed E-state index contributed by atoms with van der Waals surface area (Å²) < 4.78 is 10.4. The van der Waals surface area contributed by atoms with E-state index >= 15 is 0 Å². The molecule has 0 spiro atoms. The van der Waals surface area contributed by atoms with Crippen LogP contribution in [0.3, 0.4) is 0 Å². The third-order valence-electron chi connectivity index (χ3n) is 2.56. The van der Waals surface area contributed by atoms with Crippen LogP contribution in [0.15, 0.2) is 16.9 Å². The van der Waals surface area contributed by atoms with Gasteiger partial charge in [0.2, 0.25) is 0 Å². The summed E-state index contributed by atoms with van der Waals surface area (Å²) in [6.45, 7) is 4.16. The van der Waals surface area contributed by atoms with E-state index in [4.69, 9.17) is 9.47 Å². The van der Waals surface area contributed by atoms with Crippen molar-refractivity contribution in [2.24, 2.45) is 0 Å². The number of nitrogens with zero attached hydrogens (tertiary/aromatic N) is 1. The average Bonchev–Trinajstić information content (AvgIpc) is 2.31. The molecule has 1 N–H and O–H groups in total. The highest BCUT2D eigenvalue weighted by molar-refractivity contribution is 5.83. The number of hydrogen-bond donors (Lipinski definition) is 1. The van der Waals surface area contributed by atoms with E-state index in [9.17, 15) is 4.79 Å². The molecule has 90 valence electrons. The van der Waals surface area contributed by atoms with Crippen molar-refractivity contribution in [1.82, 2.24) is 9.97 Å². The van der Waals surface area contributed by atoms with Crippen molar-refractivity contribution < 1.29 is 9.47 Å². The van der Waals surface area contributed by atoms with Gasteiger partial charge in [-0.15, -0.1) is 0 Å². The van der Waals surface area contributed by atoms with Gasteiger partial charge < -0.3 is 9.47 Å². The van der Waals surface area contributed by atoms with Crippen molar-refractivity contribution >= 4 is 10.9 Å². The molecule has 0 bridgehead atoms. The van der Waals surface area contributed by atoms with Gasteiger partial charge in [0.05, 0.1) is 24.6 Å². The van der Waals surface area contributed by atoms with E-state index in [2.05, 4.69) is 9.97 Å². The monoisotopic (exact) mass is 234 g/mol. The van der Waals surface area contributed by atoms with Gasteiger partial charge in [0.25, 0.3) is 11.6 Å². The summed E-state index contributed by atoms with van der Waals surface area (Å²) in [4.78, 5) is 18.7. The van der Waals surface area contributed by atoms with E-state index in [-0.39, 0.29) is 11.6 Å². The van der Waals surface area contributed by atoms with Gasteiger partial charge >= 0.3 is 0 Å². The Morgan fingerprint density at radius 2 is 2.18 bits per heavy atom. The maximum Gasteiger partial charge on any atom is 0.297 e. The lowest BCUT2D eigenvalue weighted by atomic mass is 10.1. The Kier molecular flexibility index (Phi) is 2.99. The lowest BCUT2D eigenvalue weighted by Gasteiger charge is -2.08. The molecule has 0 aliphatic heterocycles. The minimum Gasteiger partial charge on any atom is -0.496 e. The Morgan fingerprint density at radius 1 is 1.41 bits per heavy atom. The first-order valence-electron chi connectivity index (χ1n) is 5.37. The second-order valence-corrected chi connectivity index (χ2v) is 3.59. The maximum atomic E-state index is 11.8. The van der Waals surface area contributed by atoms with Crippen LogP contribution in [-0.4, -0.2) is 23.7 Å². The summed E-state index contributed by atoms with van der Waals surface area (Å²) in [5.41, 5.74) is 1.23. The molecule has 5 nitrogen and oxygen atoms in total. The number of fused-ring (bicyclic) bond motifs is 1. The van der Waals surface area contributed by atoms with Gasteiger partial charge in [0.15, 0.2) is 0 Å². The van der Waals surface area contributed by atoms with Gasteiger partial charge in [-0.3, -0.25) is 9.78 Å². The molecule has 1 aromatic heterocycles. The van der Waals surface area contributed by atoms with Crippen LogP contribution in [0.5, 0.6) is 11.8 Å². The number of hydrogen-bond acceptors (Lipinski definition) is 4. The second kappa shape index (κ2) is 4.45. The largest absolute Gasteiger partial charge is 0.496 e. The number of methoxy groups -OCH3 is 1. The summed E-state index contributed by atoms with van der Waals surface area (Å²) in [5.74, 6) is 0.707. The first-order chi connectivity index (χ1) is 8.17. The van der Waals surface area contributed by atoms with Crippen molar-refractivity contribution in [3.8, 4) is 11.8 Å². The minimum absolute atomic E-state index is 0.204. The molecule has 0 saturated carbocycles. The molecule has 2 rings (SSSR count). The average molecular weight is 234 g/mol. The molecule has 0 fully saturated rings. The first kappa shape index (κ1) is 11.4. The van der Waals surface area contributed by atoms with E-state index in [0.717, 1.165) is 5.56 Å². The molecule has 5 heteroatoms. The summed E-state index contributed by atoms with van der Waals surface area (Å²) in [7, 11) is 1.59. The summed E-state index contributed by atoms with van der Waals surface area (Å²) in [5, 5.41) is 0.534. The van der Waals surface area contributed by atoms with Crippen LogP contribution in [0.25, 0.3) is 10.9 Å². The number of benzene rings is 1. The van der Waals surface area contributed by atoms with Crippen LogP contribution in [0.1, 0.15) is 12.5 Å². The fourth-order valence-electron chi connectivity index (χ4n) is 1.73. The molecular formula is C12H14N2O3. The molecule has 0 aliphatic carbocycles. The van der Waals surface area contributed by atoms with Crippen molar-refractivity contribution in [3.63, 3.8) is 0 Å². The minimum atomic E-state index is -0.204. The number of ether oxygens (including phenoxy) is 2. The van der Waals surface area contributed by atoms with Crippen LogP contribution < -0.4 is 15.0 Å². The highest BCUT2D eigenvalue weighted by atomic mass is 16.5. The zero-order valence-corrected chi connectivity index (χ0v) is 10.0. The smallest absolute Gasteiger partial charge is 0.297 e. The van der Waals surface area contributed by atoms with Crippen molar-refractivity contribution in [1.29, 1.82) is 0 Å². The fourth-order valence-corrected chi connectivity index (χ4v) is 1.73. The summed E-state index contributed by atoms with van der Waals surface area (Å²) in [6.07, 6.45) is 0. The Labute approximate surface area is 98.4 Å². The lowest BCUT2D eigenvalue weighted by molar-refractivity contribution is 0.313. The maximum absolute atomic E-state index is 11.8. The van der Waals surface area contributed by atoms with Gasteiger partial charge in [0, 0.05) is 5.56 Å². The van der Waals surface area contributed by atoms with E-state index in [1.54, 1.807) is 19.2 Å². The van der Waals surface area contributed by atoms with E-state index in [1.165, 1.54) is 0 Å². The van der Waals surface area contributed by atoms with E-state index < -0.39 is 0 Å². The van der Waals surface area contributed by atoms with Gasteiger partial charge in [0.1, 0.15) is 5.75 Å². The molecule has 0 atom stereocenters. The number of H-pyrrole nitrogens is 1. The number of aromatic amines is 1. The Balaban J connectivity index is 2.74. The summed E-state index contributed by atoms with van der Waals surface area (Å²) in [6, 6.07) is 3.69. The normalized spacial score (nSPS) is 10.5. The quantitative estimate of drug-likeness (QED) is 0.876. The third-order valence-corrected chi connectivity index (χ3v) is 2.56. The van der Waals surface area contributed by atoms with Gasteiger partial charge in [-0.05, 0) is 26.0 Å². The fraction of sp³-hybridized carbons (Fsp3) is 0.333. The number of aryl methyl sites for hydroxylation is 1. The van der Waals surface area contributed by atoms with Crippen LogP contribution >= 0.6 is 0 Å². The molecule has 2 aromatic rings. The lowest BCUT2D eigenvalue weighted by Crippen LogP contribution is -2.11. The van der Waals surface area contributed by atoms with Crippen molar-refractivity contribution in [3.05, 3.63) is 28.0 Å². The molecule has 0 aliphatic rings. The SMILES string of the molecule is CCOc1nc2c(C)c(OC)ccc2c(=O)[nH]1. The second-order valence-electron chi connectivity index (χ2n) is 3.59. The van der Waals surface area contributed by atoms with Gasteiger partial charge in [-0.2, -0.15) is 4.98 Å². The predicted octanol–water partition coefficient (Wildman–Crippen LogP) is 1.64. The number of rotatable bonds is 3. The number of nitrogens with one attached hydrogen (secondary N) is 1. The molecule has 17 heavy (non-hydrogen) atoms. The van der Waals surface area contributed by atoms with Crippen LogP contribution in [-0.2, 0) is 0 Å². The zero-order valence-electron chi connectivity index (χ0n) is 10.0. The van der Waals surface area contributed by atoms with Crippen molar-refractivity contribution in [2.45, 2.75) is 13.8 Å². The Morgan fingerprint density at radius 3 is 2.82 bits per heavy atom. The van der Waals surface area contributed by atoms with E-state index in [1.807, 2.05) is 13.8 Å². The number of aromatic nitrogens is 2. The third kappa shape index (κ3) is 1.95. The molecule has 0 saturated heterocycles. The molecule has 0 unspecified atom stereocenters. The Bertz CT molecular complexity index is 604. The van der Waals surface area contributed by atoms with Gasteiger partial charge in [-0.1, -0.05) is 0 Å². The van der Waals surface area contributed by atoms with Crippen LogP contribution in [0, 0.1) is 6.92 Å². The molecular weight excluding hydrogens is 220 g/mol. The highest BCUT2D eigenvalue weighted by Crippen LogP contribution is 2.24. The Hall–Kier alpha value is -2.04. The molecule has 0 radical (unpaired) electrons. The summed E-state index contributed by atoms with van der Waals surface area (Å²) >= 11 is 0. The predicted molar refractivity (Wildman–Crippen MR) is 64.8 cm³/mol. The first-order valence-corrected chi connectivity index (χ1v) is 5.37. The standard InChI is InChI=1S/C12H14N2O3/c1-4-17-12-13-10-7(2)9(16-3)6-5-8(10)11(15)14-12/h5-6H,4H2,1-3H3,(H,13,14,15). The van der Waals surface area contributed by atoms with Crippen molar-refractivity contribution in [2.75, 3.05) is 13.7 Å². The topological polar surface area (TPSA) is 64.2 Å². The molecule has 1 aromatic carbocycles. The zero-order chi connectivity index (χ0) is 12.4. The molecule has 1 heterocycles. The van der Waals surface area contributed by atoms with Crippen LogP contribution in [0.4, 0.5) is 0 Å². The highest BCUT2D eigenvalue weighted by Gasteiger charge is 2.10. The van der Waals surface area contributed by atoms with E-state index in [0.29, 0.717) is 23.3 Å². The van der Waals surface area contributed by atoms with Crippen LogP contribution in [0.2, 0.25) is 0 Å².